The topological polar surface area (TPSA) is 0 Å². The Kier molecular flexibility index (Phi) is 5.95. The fourth-order valence-corrected chi connectivity index (χ4v) is 2.24. The third-order valence-electron chi connectivity index (χ3n) is 1.94. The van der Waals surface area contributed by atoms with Crippen LogP contribution in [0.4, 0.5) is 0 Å². The lowest BCUT2D eigenvalue weighted by Gasteiger charge is -2.01. The Morgan fingerprint density at radius 3 is 2.11 bits per heavy atom. The zero-order valence-corrected chi connectivity index (χ0v) is 14.8. The van der Waals surface area contributed by atoms with E-state index in [4.69, 9.17) is 0 Å². The maximum absolute atomic E-state index is 3.42. The standard InChI is InChI=1S/C15H14Br2Si/c1-18(2,3)12-8-7-11-14(15(16)17)13-9-5-4-6-10-13/h4-6,9-10H,1-3H3. The molecule has 0 unspecified atom stereocenters. The van der Waals surface area contributed by atoms with E-state index in [-0.39, 0.29) is 0 Å². The summed E-state index contributed by atoms with van der Waals surface area (Å²) in [4.78, 5) is 0. The minimum atomic E-state index is -1.34. The van der Waals surface area contributed by atoms with Crippen molar-refractivity contribution in [2.45, 2.75) is 19.6 Å². The second kappa shape index (κ2) is 7.00. The van der Waals surface area contributed by atoms with Crippen LogP contribution in [0.5, 0.6) is 0 Å². The number of hydrogen-bond acceptors (Lipinski definition) is 0. The molecule has 0 heterocycles. The van der Waals surface area contributed by atoms with E-state index < -0.39 is 8.07 Å². The van der Waals surface area contributed by atoms with Gasteiger partial charge in [-0.2, -0.15) is 0 Å². The highest BCUT2D eigenvalue weighted by molar-refractivity contribution is 9.28. The molecule has 0 bridgehead atoms. The zero-order valence-electron chi connectivity index (χ0n) is 10.6. The van der Waals surface area contributed by atoms with Gasteiger partial charge in [0.1, 0.15) is 8.07 Å². The van der Waals surface area contributed by atoms with Crippen LogP contribution in [0.15, 0.2) is 33.7 Å². The van der Waals surface area contributed by atoms with Gasteiger partial charge in [-0.3, -0.25) is 0 Å². The van der Waals surface area contributed by atoms with Crippen molar-refractivity contribution in [2.75, 3.05) is 0 Å². The van der Waals surface area contributed by atoms with Crippen LogP contribution in [0.25, 0.3) is 5.57 Å². The number of allylic oxidation sites excluding steroid dienone is 1. The van der Waals surface area contributed by atoms with Crippen molar-refractivity contribution in [3.63, 3.8) is 0 Å². The predicted molar refractivity (Wildman–Crippen MR) is 90.1 cm³/mol. The molecule has 1 aromatic rings. The van der Waals surface area contributed by atoms with Gasteiger partial charge in [0, 0.05) is 0 Å². The van der Waals surface area contributed by atoms with Crippen LogP contribution >= 0.6 is 31.9 Å². The second-order valence-electron chi connectivity index (χ2n) is 4.75. The van der Waals surface area contributed by atoms with Crippen molar-refractivity contribution in [3.05, 3.63) is 39.3 Å². The first-order valence-corrected chi connectivity index (χ1v) is 10.6. The number of halogens is 2. The van der Waals surface area contributed by atoms with Gasteiger partial charge in [-0.25, -0.2) is 0 Å². The predicted octanol–water partition coefficient (Wildman–Crippen LogP) is 5.03. The Hall–Kier alpha value is -0.743. The fraction of sp³-hybridized carbons (Fsp3) is 0.200. The normalized spacial score (nSPS) is 9.61. The van der Waals surface area contributed by atoms with Crippen molar-refractivity contribution in [2.24, 2.45) is 0 Å². The molecule has 0 aromatic heterocycles. The van der Waals surface area contributed by atoms with E-state index in [9.17, 15) is 0 Å². The highest BCUT2D eigenvalue weighted by atomic mass is 79.9. The molecule has 0 fully saturated rings. The number of benzene rings is 1. The van der Waals surface area contributed by atoms with Gasteiger partial charge in [-0.15, -0.1) is 5.54 Å². The molecule has 0 aliphatic carbocycles. The van der Waals surface area contributed by atoms with E-state index in [1.165, 1.54) is 0 Å². The minimum Gasteiger partial charge on any atom is -0.118 e. The Balaban J connectivity index is 3.02. The summed E-state index contributed by atoms with van der Waals surface area (Å²) in [7, 11) is -1.34. The summed E-state index contributed by atoms with van der Waals surface area (Å²) in [6, 6.07) is 10.0. The minimum absolute atomic E-state index is 0.850. The number of rotatable bonds is 1. The first-order valence-electron chi connectivity index (χ1n) is 5.54. The molecule has 0 aliphatic heterocycles. The van der Waals surface area contributed by atoms with Crippen molar-refractivity contribution < 1.29 is 0 Å². The molecule has 0 saturated heterocycles. The van der Waals surface area contributed by atoms with Crippen LogP contribution in [0.2, 0.25) is 19.6 Å². The van der Waals surface area contributed by atoms with Gasteiger partial charge in [-0.05, 0) is 49.3 Å². The first kappa shape index (κ1) is 15.3. The smallest absolute Gasteiger partial charge is 0.118 e. The van der Waals surface area contributed by atoms with Crippen LogP contribution in [-0.2, 0) is 0 Å². The molecule has 0 saturated carbocycles. The van der Waals surface area contributed by atoms with Gasteiger partial charge < -0.3 is 0 Å². The van der Waals surface area contributed by atoms with Gasteiger partial charge in [0.15, 0.2) is 0 Å². The van der Waals surface area contributed by atoms with Gasteiger partial charge in [0.2, 0.25) is 0 Å². The van der Waals surface area contributed by atoms with Crippen LogP contribution in [0.1, 0.15) is 5.56 Å². The van der Waals surface area contributed by atoms with Crippen molar-refractivity contribution in [1.82, 2.24) is 0 Å². The van der Waals surface area contributed by atoms with Crippen LogP contribution < -0.4 is 0 Å². The van der Waals surface area contributed by atoms with E-state index in [1.807, 2.05) is 30.3 Å². The summed E-state index contributed by atoms with van der Waals surface area (Å²) < 4.78 is 0.850. The monoisotopic (exact) mass is 380 g/mol. The summed E-state index contributed by atoms with van der Waals surface area (Å²) >= 11 is 6.85. The highest BCUT2D eigenvalue weighted by Crippen LogP contribution is 2.26. The highest BCUT2D eigenvalue weighted by Gasteiger charge is 2.06. The summed E-state index contributed by atoms with van der Waals surface area (Å²) in [5.41, 5.74) is 5.22. The third kappa shape index (κ3) is 5.73. The Morgan fingerprint density at radius 1 is 1.00 bits per heavy atom. The van der Waals surface area contributed by atoms with Crippen LogP contribution in [0, 0.1) is 23.3 Å². The SMILES string of the molecule is C[Si](C)(C)C#CC#CC(=C(Br)Br)c1ccccc1. The van der Waals surface area contributed by atoms with E-state index in [0.29, 0.717) is 0 Å². The van der Waals surface area contributed by atoms with Gasteiger partial charge in [-0.1, -0.05) is 55.9 Å². The molecule has 1 aromatic carbocycles. The lowest BCUT2D eigenvalue weighted by atomic mass is 10.1. The molecule has 0 amide bonds. The quantitative estimate of drug-likeness (QED) is 0.472. The van der Waals surface area contributed by atoms with Crippen molar-refractivity contribution in [3.8, 4) is 23.3 Å². The molecule has 0 spiro atoms. The second-order valence-corrected chi connectivity index (χ2v) is 12.2. The third-order valence-corrected chi connectivity index (χ3v) is 3.61. The summed E-state index contributed by atoms with van der Waals surface area (Å²) in [6.07, 6.45) is 0. The van der Waals surface area contributed by atoms with E-state index in [1.54, 1.807) is 0 Å². The van der Waals surface area contributed by atoms with Crippen molar-refractivity contribution >= 4 is 45.5 Å². The summed E-state index contributed by atoms with van der Waals surface area (Å²) in [5, 5.41) is 0. The molecule has 0 nitrogen and oxygen atoms in total. The number of hydrogen-bond donors (Lipinski definition) is 0. The molecule has 0 atom stereocenters. The lowest BCUT2D eigenvalue weighted by Crippen LogP contribution is -2.16. The molecule has 18 heavy (non-hydrogen) atoms. The average Bonchev–Trinajstić information content (AvgIpc) is 2.28. The molecule has 0 N–H and O–H groups in total. The largest absolute Gasteiger partial charge is 0.130 e. The first-order chi connectivity index (χ1) is 8.40. The molecule has 3 heteroatoms. The molecule has 0 radical (unpaired) electrons. The van der Waals surface area contributed by atoms with Gasteiger partial charge in [0.25, 0.3) is 0 Å². The molecule has 1 rings (SSSR count). The van der Waals surface area contributed by atoms with Crippen LogP contribution in [0.3, 0.4) is 0 Å². The fourth-order valence-electron chi connectivity index (χ4n) is 1.15. The molecular formula is C15H14Br2Si. The molecular weight excluding hydrogens is 368 g/mol. The molecule has 0 aliphatic rings. The van der Waals surface area contributed by atoms with Gasteiger partial charge in [0.05, 0.1) is 8.96 Å². The zero-order chi connectivity index (χ0) is 13.6. The summed E-state index contributed by atoms with van der Waals surface area (Å²) in [5.74, 6) is 8.98. The van der Waals surface area contributed by atoms with E-state index >= 15 is 0 Å². The Morgan fingerprint density at radius 2 is 1.61 bits per heavy atom. The van der Waals surface area contributed by atoms with E-state index in [2.05, 4.69) is 74.8 Å². The summed E-state index contributed by atoms with van der Waals surface area (Å²) in [6.45, 7) is 6.61. The maximum atomic E-state index is 3.42. The Bertz CT molecular complexity index is 554. The molecule has 92 valence electrons. The van der Waals surface area contributed by atoms with Crippen molar-refractivity contribution in [1.29, 1.82) is 0 Å². The van der Waals surface area contributed by atoms with Crippen LogP contribution in [-0.4, -0.2) is 8.07 Å². The van der Waals surface area contributed by atoms with Gasteiger partial charge >= 0.3 is 0 Å². The average molecular weight is 382 g/mol. The lowest BCUT2D eigenvalue weighted by molar-refractivity contribution is 1.64. The Labute approximate surface area is 127 Å². The maximum Gasteiger partial charge on any atom is 0.130 e. The van der Waals surface area contributed by atoms with E-state index in [0.717, 1.165) is 14.5 Å².